The number of rotatable bonds is 3. The lowest BCUT2D eigenvalue weighted by atomic mass is 10.3. The van der Waals surface area contributed by atoms with Crippen molar-refractivity contribution >= 4 is 21.5 Å². The van der Waals surface area contributed by atoms with E-state index in [1.807, 2.05) is 0 Å². The molecular weight excluding hydrogens is 216 g/mol. The SMILES string of the molecule is CN1CCC(Nc2ncc([N+](=O)[O-])s2)C1. The zero-order valence-corrected chi connectivity index (χ0v) is 9.16. The van der Waals surface area contributed by atoms with Crippen molar-refractivity contribution in [2.75, 3.05) is 25.5 Å². The topological polar surface area (TPSA) is 71.3 Å². The molecule has 1 unspecified atom stereocenters. The number of likely N-dealkylation sites (N-methyl/N-ethyl adjacent to an activating group) is 1. The Morgan fingerprint density at radius 3 is 3.13 bits per heavy atom. The summed E-state index contributed by atoms with van der Waals surface area (Å²) in [5.41, 5.74) is 0. The Morgan fingerprint density at radius 2 is 2.60 bits per heavy atom. The summed E-state index contributed by atoms with van der Waals surface area (Å²) in [7, 11) is 2.06. The van der Waals surface area contributed by atoms with Gasteiger partial charge in [0.2, 0.25) is 0 Å². The van der Waals surface area contributed by atoms with Gasteiger partial charge in [-0.1, -0.05) is 0 Å². The number of hydrogen-bond donors (Lipinski definition) is 1. The standard InChI is InChI=1S/C8H12N4O2S/c1-11-3-2-6(5-11)10-8-9-4-7(15-8)12(13)14/h4,6H,2-3,5H2,1H3,(H,9,10). The average molecular weight is 228 g/mol. The zero-order valence-electron chi connectivity index (χ0n) is 8.34. The number of hydrogen-bond acceptors (Lipinski definition) is 6. The lowest BCUT2D eigenvalue weighted by Gasteiger charge is -2.10. The highest BCUT2D eigenvalue weighted by Crippen LogP contribution is 2.26. The highest BCUT2D eigenvalue weighted by atomic mass is 32.1. The van der Waals surface area contributed by atoms with Gasteiger partial charge in [-0.25, -0.2) is 4.98 Å². The molecule has 0 spiro atoms. The molecule has 2 heterocycles. The molecule has 1 aromatic heterocycles. The van der Waals surface area contributed by atoms with Crippen molar-refractivity contribution in [1.82, 2.24) is 9.88 Å². The summed E-state index contributed by atoms with van der Waals surface area (Å²) in [6.45, 7) is 2.03. The largest absolute Gasteiger partial charge is 0.357 e. The minimum atomic E-state index is -0.413. The quantitative estimate of drug-likeness (QED) is 0.621. The Morgan fingerprint density at radius 1 is 1.80 bits per heavy atom. The first-order chi connectivity index (χ1) is 7.15. The summed E-state index contributed by atoms with van der Waals surface area (Å²) in [6, 6.07) is 0.362. The normalized spacial score (nSPS) is 21.8. The Kier molecular flexibility index (Phi) is 2.83. The van der Waals surface area contributed by atoms with Crippen molar-refractivity contribution in [2.24, 2.45) is 0 Å². The van der Waals surface area contributed by atoms with Crippen molar-refractivity contribution in [3.63, 3.8) is 0 Å². The number of anilines is 1. The fourth-order valence-corrected chi connectivity index (χ4v) is 2.35. The van der Waals surface area contributed by atoms with Crippen LogP contribution in [0.2, 0.25) is 0 Å². The van der Waals surface area contributed by atoms with Gasteiger partial charge >= 0.3 is 5.00 Å². The molecule has 0 aromatic carbocycles. The third kappa shape index (κ3) is 2.42. The minimum absolute atomic E-state index is 0.0869. The summed E-state index contributed by atoms with van der Waals surface area (Å²) in [6.07, 6.45) is 2.36. The summed E-state index contributed by atoms with van der Waals surface area (Å²) in [5, 5.41) is 14.4. The summed E-state index contributed by atoms with van der Waals surface area (Å²) < 4.78 is 0. The number of nitrogens with zero attached hydrogens (tertiary/aromatic N) is 3. The molecule has 15 heavy (non-hydrogen) atoms. The molecule has 2 rings (SSSR count). The number of nitrogens with one attached hydrogen (secondary N) is 1. The molecule has 0 amide bonds. The van der Waals surface area contributed by atoms with E-state index in [2.05, 4.69) is 22.2 Å². The lowest BCUT2D eigenvalue weighted by Crippen LogP contribution is -2.23. The fourth-order valence-electron chi connectivity index (χ4n) is 1.64. The van der Waals surface area contributed by atoms with Gasteiger partial charge in [-0.3, -0.25) is 10.1 Å². The summed E-state index contributed by atoms with van der Waals surface area (Å²) in [4.78, 5) is 16.2. The van der Waals surface area contributed by atoms with E-state index in [9.17, 15) is 10.1 Å². The van der Waals surface area contributed by atoms with Crippen LogP contribution in [-0.2, 0) is 0 Å². The molecule has 1 atom stereocenters. The first kappa shape index (κ1) is 10.3. The van der Waals surface area contributed by atoms with Crippen LogP contribution in [0.4, 0.5) is 10.1 Å². The second-order valence-corrected chi connectivity index (χ2v) is 4.66. The van der Waals surface area contributed by atoms with Gasteiger partial charge in [-0.05, 0) is 31.4 Å². The van der Waals surface area contributed by atoms with Crippen LogP contribution < -0.4 is 5.32 Å². The van der Waals surface area contributed by atoms with Crippen LogP contribution in [0.3, 0.4) is 0 Å². The van der Waals surface area contributed by atoms with Crippen LogP contribution in [0.15, 0.2) is 6.20 Å². The Hall–Kier alpha value is -1.21. The van der Waals surface area contributed by atoms with Gasteiger partial charge in [0.1, 0.15) is 6.20 Å². The van der Waals surface area contributed by atoms with Gasteiger partial charge in [-0.2, -0.15) is 0 Å². The van der Waals surface area contributed by atoms with E-state index in [-0.39, 0.29) is 5.00 Å². The second kappa shape index (κ2) is 4.11. The smallest absolute Gasteiger partial charge is 0.345 e. The van der Waals surface area contributed by atoms with E-state index < -0.39 is 4.92 Å². The molecule has 0 radical (unpaired) electrons. The number of nitro groups is 1. The third-order valence-corrected chi connectivity index (χ3v) is 3.27. The van der Waals surface area contributed by atoms with Crippen molar-refractivity contribution < 1.29 is 4.92 Å². The van der Waals surface area contributed by atoms with Gasteiger partial charge in [0, 0.05) is 12.6 Å². The number of aromatic nitrogens is 1. The van der Waals surface area contributed by atoms with E-state index in [4.69, 9.17) is 0 Å². The van der Waals surface area contributed by atoms with Crippen molar-refractivity contribution in [2.45, 2.75) is 12.5 Å². The first-order valence-corrected chi connectivity index (χ1v) is 5.52. The average Bonchev–Trinajstić information content (AvgIpc) is 2.76. The Balaban J connectivity index is 1.96. The molecule has 1 fully saturated rings. The maximum atomic E-state index is 10.4. The summed E-state index contributed by atoms with van der Waals surface area (Å²) in [5.74, 6) is 0. The Labute approximate surface area is 91.1 Å². The highest BCUT2D eigenvalue weighted by Gasteiger charge is 2.21. The molecule has 0 bridgehead atoms. The predicted molar refractivity (Wildman–Crippen MR) is 58.3 cm³/mol. The third-order valence-electron chi connectivity index (χ3n) is 2.39. The van der Waals surface area contributed by atoms with Gasteiger partial charge in [0.25, 0.3) is 0 Å². The molecule has 1 aliphatic heterocycles. The fraction of sp³-hybridized carbons (Fsp3) is 0.625. The first-order valence-electron chi connectivity index (χ1n) is 4.70. The molecule has 0 saturated carbocycles. The molecule has 0 aliphatic carbocycles. The lowest BCUT2D eigenvalue weighted by molar-refractivity contribution is -0.380. The van der Waals surface area contributed by atoms with Crippen LogP contribution in [0.1, 0.15) is 6.42 Å². The van der Waals surface area contributed by atoms with E-state index in [0.717, 1.165) is 30.8 Å². The van der Waals surface area contributed by atoms with Gasteiger partial charge in [-0.15, -0.1) is 0 Å². The molecular formula is C8H12N4O2S. The Bertz CT molecular complexity index is 367. The van der Waals surface area contributed by atoms with Crippen LogP contribution in [0.25, 0.3) is 0 Å². The molecule has 7 heteroatoms. The van der Waals surface area contributed by atoms with Crippen molar-refractivity contribution in [3.05, 3.63) is 16.3 Å². The van der Waals surface area contributed by atoms with Crippen LogP contribution >= 0.6 is 11.3 Å². The van der Waals surface area contributed by atoms with Gasteiger partial charge in [0.05, 0.1) is 4.92 Å². The minimum Gasteiger partial charge on any atom is -0.357 e. The van der Waals surface area contributed by atoms with Crippen LogP contribution in [-0.4, -0.2) is 41.0 Å². The van der Waals surface area contributed by atoms with Crippen LogP contribution in [0, 0.1) is 10.1 Å². The van der Waals surface area contributed by atoms with E-state index in [1.54, 1.807) is 0 Å². The van der Waals surface area contributed by atoms with E-state index in [1.165, 1.54) is 6.20 Å². The van der Waals surface area contributed by atoms with Crippen molar-refractivity contribution in [3.8, 4) is 0 Å². The number of likely N-dealkylation sites (tertiary alicyclic amines) is 1. The maximum Gasteiger partial charge on any atom is 0.345 e. The van der Waals surface area contributed by atoms with Gasteiger partial charge < -0.3 is 10.2 Å². The van der Waals surface area contributed by atoms with E-state index >= 15 is 0 Å². The monoisotopic (exact) mass is 228 g/mol. The highest BCUT2D eigenvalue weighted by molar-refractivity contribution is 7.18. The second-order valence-electron chi connectivity index (χ2n) is 3.65. The van der Waals surface area contributed by atoms with Crippen LogP contribution in [0.5, 0.6) is 0 Å². The maximum absolute atomic E-state index is 10.4. The molecule has 6 nitrogen and oxygen atoms in total. The molecule has 1 N–H and O–H groups in total. The molecule has 1 aliphatic rings. The van der Waals surface area contributed by atoms with E-state index in [0.29, 0.717) is 11.2 Å². The number of thiazole rings is 1. The molecule has 82 valence electrons. The zero-order chi connectivity index (χ0) is 10.8. The van der Waals surface area contributed by atoms with Gasteiger partial charge in [0.15, 0.2) is 5.13 Å². The summed E-state index contributed by atoms with van der Waals surface area (Å²) >= 11 is 1.09. The van der Waals surface area contributed by atoms with Crippen molar-refractivity contribution in [1.29, 1.82) is 0 Å². The molecule has 1 saturated heterocycles. The predicted octanol–water partition coefficient (Wildman–Crippen LogP) is 1.17. The molecule has 1 aromatic rings.